The third kappa shape index (κ3) is 5.82. The maximum atomic E-state index is 12.2. The SMILES string of the molecule is CC(O)COc1cc2nc(Cc3n[nH]c(=O)c4ccccc34)n(COCC[Si](C)(C)C)c2cc1C#N. The summed E-state index contributed by atoms with van der Waals surface area (Å²) in [4.78, 5) is 17.1. The molecule has 0 fully saturated rings. The Bertz CT molecular complexity index is 1480. The number of benzene rings is 2. The number of aromatic nitrogens is 4. The molecule has 10 heteroatoms. The fourth-order valence-electron chi connectivity index (χ4n) is 3.89. The molecule has 2 aromatic heterocycles. The summed E-state index contributed by atoms with van der Waals surface area (Å²) >= 11 is 0. The monoisotopic (exact) mass is 505 g/mol. The molecule has 188 valence electrons. The zero-order valence-electron chi connectivity index (χ0n) is 21.0. The van der Waals surface area contributed by atoms with Crippen LogP contribution in [0, 0.1) is 11.3 Å². The molecule has 0 bridgehead atoms. The van der Waals surface area contributed by atoms with Gasteiger partial charge in [-0.3, -0.25) is 4.79 Å². The van der Waals surface area contributed by atoms with Gasteiger partial charge in [0.25, 0.3) is 5.56 Å². The average Bonchev–Trinajstić information content (AvgIpc) is 3.16. The molecule has 0 radical (unpaired) electrons. The van der Waals surface area contributed by atoms with Crippen LogP contribution in [-0.2, 0) is 17.9 Å². The Kier molecular flexibility index (Phi) is 7.54. The summed E-state index contributed by atoms with van der Waals surface area (Å²) < 4.78 is 13.7. The number of rotatable bonds is 10. The number of H-pyrrole nitrogens is 1. The largest absolute Gasteiger partial charge is 0.489 e. The number of hydrogen-bond donors (Lipinski definition) is 2. The lowest BCUT2D eigenvalue weighted by Crippen LogP contribution is -2.22. The number of imidazole rings is 1. The van der Waals surface area contributed by atoms with E-state index in [0.29, 0.717) is 46.8 Å². The summed E-state index contributed by atoms with van der Waals surface area (Å²) in [6.07, 6.45) is -0.311. The molecule has 0 saturated carbocycles. The van der Waals surface area contributed by atoms with Gasteiger partial charge >= 0.3 is 0 Å². The quantitative estimate of drug-likeness (QED) is 0.248. The summed E-state index contributed by atoms with van der Waals surface area (Å²) in [7, 11) is -1.26. The number of nitriles is 1. The van der Waals surface area contributed by atoms with Crippen molar-refractivity contribution in [2.24, 2.45) is 0 Å². The van der Waals surface area contributed by atoms with Crippen molar-refractivity contribution in [1.29, 1.82) is 5.26 Å². The van der Waals surface area contributed by atoms with Crippen molar-refractivity contribution in [3.63, 3.8) is 0 Å². The Labute approximate surface area is 210 Å². The molecule has 2 heterocycles. The summed E-state index contributed by atoms with van der Waals surface area (Å²) in [6, 6.07) is 14.0. The number of hydrogen-bond acceptors (Lipinski definition) is 7. The maximum absolute atomic E-state index is 12.2. The highest BCUT2D eigenvalue weighted by Gasteiger charge is 2.19. The van der Waals surface area contributed by atoms with E-state index in [1.165, 1.54) is 0 Å². The van der Waals surface area contributed by atoms with Crippen molar-refractivity contribution < 1.29 is 14.6 Å². The number of ether oxygens (including phenoxy) is 2. The van der Waals surface area contributed by atoms with Crippen LogP contribution in [0.4, 0.5) is 0 Å². The minimum atomic E-state index is -1.26. The molecule has 0 amide bonds. The molecule has 4 aromatic rings. The first-order valence-electron chi connectivity index (χ1n) is 11.9. The van der Waals surface area contributed by atoms with Gasteiger partial charge in [-0.2, -0.15) is 10.4 Å². The van der Waals surface area contributed by atoms with Gasteiger partial charge < -0.3 is 19.1 Å². The summed E-state index contributed by atoms with van der Waals surface area (Å²) in [5, 5.41) is 27.6. The second-order valence-electron chi connectivity index (χ2n) is 10.1. The molecule has 36 heavy (non-hydrogen) atoms. The molecule has 0 aliphatic heterocycles. The van der Waals surface area contributed by atoms with Crippen LogP contribution in [-0.4, -0.2) is 52.2 Å². The molecular formula is C26H31N5O4Si. The lowest BCUT2D eigenvalue weighted by molar-refractivity contribution is 0.0881. The van der Waals surface area contributed by atoms with Crippen LogP contribution >= 0.6 is 0 Å². The number of aromatic amines is 1. The number of aliphatic hydroxyl groups is 1. The summed E-state index contributed by atoms with van der Waals surface area (Å²) in [5.74, 6) is 1.06. The fraction of sp³-hybridized carbons (Fsp3) is 0.385. The van der Waals surface area contributed by atoms with Crippen LogP contribution in [0.15, 0.2) is 41.2 Å². The van der Waals surface area contributed by atoms with Crippen LogP contribution in [0.25, 0.3) is 21.8 Å². The second-order valence-corrected chi connectivity index (χ2v) is 15.8. The molecule has 0 saturated heterocycles. The Balaban J connectivity index is 1.76. The van der Waals surface area contributed by atoms with Crippen molar-refractivity contribution >= 4 is 29.9 Å². The van der Waals surface area contributed by atoms with E-state index >= 15 is 0 Å². The highest BCUT2D eigenvalue weighted by atomic mass is 28.3. The van der Waals surface area contributed by atoms with Crippen LogP contribution in [0.2, 0.25) is 25.7 Å². The topological polar surface area (TPSA) is 126 Å². The van der Waals surface area contributed by atoms with Crippen LogP contribution in [0.5, 0.6) is 5.75 Å². The van der Waals surface area contributed by atoms with Crippen molar-refractivity contribution in [3.05, 3.63) is 63.8 Å². The lowest BCUT2D eigenvalue weighted by atomic mass is 10.1. The smallest absolute Gasteiger partial charge is 0.272 e. The van der Waals surface area contributed by atoms with E-state index in [1.807, 2.05) is 22.8 Å². The zero-order valence-corrected chi connectivity index (χ0v) is 22.0. The van der Waals surface area contributed by atoms with E-state index in [2.05, 4.69) is 35.9 Å². The number of nitrogens with one attached hydrogen (secondary N) is 1. The van der Waals surface area contributed by atoms with E-state index in [4.69, 9.17) is 14.5 Å². The van der Waals surface area contributed by atoms with Crippen LogP contribution in [0.3, 0.4) is 0 Å². The standard InChI is InChI=1S/C26H31N5O4Si/c1-17(32)15-35-24-12-22-23(11-18(24)14-27)31(16-34-9-10-36(2,3)4)25(28-22)13-21-19-7-5-6-8-20(19)26(33)30-29-21/h5-8,11-12,17,32H,9-10,13,15-16H2,1-4H3,(H,30,33). The van der Waals surface area contributed by atoms with Gasteiger partial charge in [0.05, 0.1) is 40.2 Å². The predicted molar refractivity (Wildman–Crippen MR) is 141 cm³/mol. The van der Waals surface area contributed by atoms with Crippen LogP contribution in [0.1, 0.15) is 24.0 Å². The first-order valence-corrected chi connectivity index (χ1v) is 15.6. The zero-order chi connectivity index (χ0) is 25.9. The minimum absolute atomic E-state index is 0.0703. The first kappa shape index (κ1) is 25.6. The van der Waals surface area contributed by atoms with Crippen molar-refractivity contribution in [3.8, 4) is 11.8 Å². The summed E-state index contributed by atoms with van der Waals surface area (Å²) in [5.41, 5.74) is 2.19. The first-order chi connectivity index (χ1) is 17.2. The van der Waals surface area contributed by atoms with Gasteiger partial charge in [-0.1, -0.05) is 37.8 Å². The van der Waals surface area contributed by atoms with E-state index in [0.717, 1.165) is 16.9 Å². The highest BCUT2D eigenvalue weighted by Crippen LogP contribution is 2.28. The molecule has 1 atom stereocenters. The molecule has 2 N–H and O–H groups in total. The van der Waals surface area contributed by atoms with Crippen LogP contribution < -0.4 is 10.3 Å². The normalized spacial score (nSPS) is 12.7. The molecule has 1 unspecified atom stereocenters. The van der Waals surface area contributed by atoms with Gasteiger partial charge in [-0.25, -0.2) is 10.1 Å². The molecule has 0 spiro atoms. The molecule has 9 nitrogen and oxygen atoms in total. The van der Waals surface area contributed by atoms with Gasteiger partial charge in [0.15, 0.2) is 0 Å². The van der Waals surface area contributed by atoms with Gasteiger partial charge in [0.2, 0.25) is 0 Å². The van der Waals surface area contributed by atoms with E-state index < -0.39 is 14.2 Å². The van der Waals surface area contributed by atoms with E-state index in [-0.39, 0.29) is 18.9 Å². The number of fused-ring (bicyclic) bond motifs is 2. The Morgan fingerprint density at radius 1 is 1.22 bits per heavy atom. The van der Waals surface area contributed by atoms with Gasteiger partial charge in [0, 0.05) is 26.1 Å². The third-order valence-electron chi connectivity index (χ3n) is 5.85. The number of aliphatic hydroxyl groups excluding tert-OH is 1. The molecular weight excluding hydrogens is 474 g/mol. The number of nitrogens with zero attached hydrogens (tertiary/aromatic N) is 4. The van der Waals surface area contributed by atoms with Gasteiger partial charge in [-0.15, -0.1) is 0 Å². The van der Waals surface area contributed by atoms with Crippen molar-refractivity contribution in [2.75, 3.05) is 13.2 Å². The van der Waals surface area contributed by atoms with E-state index in [9.17, 15) is 15.2 Å². The third-order valence-corrected chi connectivity index (χ3v) is 7.55. The molecule has 2 aromatic carbocycles. The van der Waals surface area contributed by atoms with Crippen molar-refractivity contribution in [2.45, 2.75) is 51.9 Å². The van der Waals surface area contributed by atoms with Crippen molar-refractivity contribution in [1.82, 2.24) is 19.7 Å². The second kappa shape index (κ2) is 10.6. The van der Waals surface area contributed by atoms with Gasteiger partial charge in [-0.05, 0) is 25.1 Å². The Morgan fingerprint density at radius 2 is 1.97 bits per heavy atom. The van der Waals surface area contributed by atoms with E-state index in [1.54, 1.807) is 25.1 Å². The Morgan fingerprint density at radius 3 is 2.67 bits per heavy atom. The molecule has 0 aliphatic carbocycles. The molecule has 4 rings (SSSR count). The fourth-order valence-corrected chi connectivity index (χ4v) is 4.64. The molecule has 0 aliphatic rings. The predicted octanol–water partition coefficient (Wildman–Crippen LogP) is 3.81. The summed E-state index contributed by atoms with van der Waals surface area (Å²) in [6.45, 7) is 9.50. The minimum Gasteiger partial charge on any atom is -0.489 e. The van der Waals surface area contributed by atoms with Gasteiger partial charge in [0.1, 0.15) is 31.0 Å². The Hall–Kier alpha value is -3.52. The maximum Gasteiger partial charge on any atom is 0.272 e. The highest BCUT2D eigenvalue weighted by molar-refractivity contribution is 6.76. The lowest BCUT2D eigenvalue weighted by Gasteiger charge is -2.16. The average molecular weight is 506 g/mol.